The Hall–Kier alpha value is -3.17. The van der Waals surface area contributed by atoms with Gasteiger partial charge in [-0.05, 0) is 35.9 Å². The van der Waals surface area contributed by atoms with Crippen molar-refractivity contribution in [2.24, 2.45) is 0 Å². The average molecular weight is 539 g/mol. The highest BCUT2D eigenvalue weighted by molar-refractivity contribution is 7.92. The second kappa shape index (κ2) is 11.3. The normalized spacial score (nSPS) is 11.5. The van der Waals surface area contributed by atoms with Crippen LogP contribution in [0.4, 0.5) is 5.13 Å². The van der Waals surface area contributed by atoms with Gasteiger partial charge < -0.3 is 9.47 Å². The molecular formula is C21H16Cl2N4O5S2. The number of halogens is 2. The zero-order valence-corrected chi connectivity index (χ0v) is 20.6. The van der Waals surface area contributed by atoms with E-state index in [1.165, 1.54) is 12.1 Å². The van der Waals surface area contributed by atoms with Gasteiger partial charge in [0.2, 0.25) is 19.3 Å². The third-order valence-corrected chi connectivity index (χ3v) is 7.13. The van der Waals surface area contributed by atoms with Crippen LogP contribution in [0, 0.1) is 11.3 Å². The third kappa shape index (κ3) is 6.91. The van der Waals surface area contributed by atoms with Crippen molar-refractivity contribution in [3.63, 3.8) is 0 Å². The molecule has 0 bridgehead atoms. The van der Waals surface area contributed by atoms with Crippen LogP contribution in [0.15, 0.2) is 52.4 Å². The molecule has 0 aliphatic carbocycles. The second-order valence-electron chi connectivity index (χ2n) is 6.59. The minimum Gasteiger partial charge on any atom is -0.488 e. The first kappa shape index (κ1) is 25.5. The molecule has 1 amide bonds. The summed E-state index contributed by atoms with van der Waals surface area (Å²) in [7, 11) is -3.55. The first-order valence-electron chi connectivity index (χ1n) is 9.44. The summed E-state index contributed by atoms with van der Waals surface area (Å²) in [5.74, 6) is 0.168. The number of anilines is 1. The van der Waals surface area contributed by atoms with Crippen LogP contribution in [-0.2, 0) is 14.6 Å². The predicted molar refractivity (Wildman–Crippen MR) is 129 cm³/mol. The summed E-state index contributed by atoms with van der Waals surface area (Å²) in [4.78, 5) is 12.4. The Bertz CT molecular complexity index is 1380. The number of nitriles is 1. The maximum Gasteiger partial charge on any atom is 0.268 e. The fourth-order valence-electron chi connectivity index (χ4n) is 2.48. The highest BCUT2D eigenvalue weighted by atomic mass is 35.5. The molecule has 0 radical (unpaired) electrons. The van der Waals surface area contributed by atoms with Crippen molar-refractivity contribution < 1.29 is 22.7 Å². The number of rotatable bonds is 9. The van der Waals surface area contributed by atoms with Crippen molar-refractivity contribution in [2.75, 3.05) is 24.8 Å². The number of nitrogens with one attached hydrogen (secondary N) is 1. The van der Waals surface area contributed by atoms with Crippen LogP contribution in [0.3, 0.4) is 0 Å². The van der Waals surface area contributed by atoms with Gasteiger partial charge in [-0.15, -0.1) is 10.2 Å². The molecule has 0 unspecified atom stereocenters. The van der Waals surface area contributed by atoms with E-state index >= 15 is 0 Å². The van der Waals surface area contributed by atoms with Gasteiger partial charge in [-0.2, -0.15) is 5.26 Å². The number of hydrogen-bond acceptors (Lipinski definition) is 9. The van der Waals surface area contributed by atoms with Crippen molar-refractivity contribution in [1.29, 1.82) is 5.26 Å². The van der Waals surface area contributed by atoms with Crippen LogP contribution in [0.25, 0.3) is 6.08 Å². The van der Waals surface area contributed by atoms with E-state index in [1.54, 1.807) is 36.4 Å². The van der Waals surface area contributed by atoms with E-state index in [1.807, 2.05) is 6.07 Å². The zero-order chi connectivity index (χ0) is 24.7. The number of carbonyl (C=O) groups excluding carboxylic acids is 1. The van der Waals surface area contributed by atoms with Gasteiger partial charge in [0, 0.05) is 6.26 Å². The molecule has 34 heavy (non-hydrogen) atoms. The van der Waals surface area contributed by atoms with E-state index in [0.29, 0.717) is 33.4 Å². The van der Waals surface area contributed by atoms with Gasteiger partial charge in [0.1, 0.15) is 36.4 Å². The number of nitrogens with zero attached hydrogens (tertiary/aromatic N) is 3. The van der Waals surface area contributed by atoms with E-state index in [4.69, 9.17) is 32.7 Å². The van der Waals surface area contributed by atoms with E-state index < -0.39 is 15.7 Å². The van der Waals surface area contributed by atoms with Gasteiger partial charge in [-0.25, -0.2) is 8.42 Å². The largest absolute Gasteiger partial charge is 0.488 e. The summed E-state index contributed by atoms with van der Waals surface area (Å²) in [5.41, 5.74) is 0.236. The van der Waals surface area contributed by atoms with Crippen molar-refractivity contribution >= 4 is 61.5 Å². The van der Waals surface area contributed by atoms with Gasteiger partial charge in [0.25, 0.3) is 5.91 Å². The number of amides is 1. The van der Waals surface area contributed by atoms with Crippen LogP contribution >= 0.6 is 34.5 Å². The Kier molecular flexibility index (Phi) is 8.46. The van der Waals surface area contributed by atoms with Crippen molar-refractivity contribution in [2.45, 2.75) is 4.34 Å². The van der Waals surface area contributed by atoms with Crippen LogP contribution < -0.4 is 14.8 Å². The van der Waals surface area contributed by atoms with Crippen LogP contribution in [0.1, 0.15) is 5.56 Å². The SMILES string of the molecule is CS(=O)(=O)c1nnc(NC(=O)/C(C#N)=C\c2ccc(OCCOc3ccccc3Cl)c(Cl)c2)s1. The number of ether oxygens (including phenoxy) is 2. The molecule has 0 fully saturated rings. The monoisotopic (exact) mass is 538 g/mol. The minimum absolute atomic E-state index is 0.0487. The Morgan fingerprint density at radius 3 is 2.38 bits per heavy atom. The molecule has 0 saturated heterocycles. The maximum absolute atomic E-state index is 12.4. The molecule has 0 spiro atoms. The summed E-state index contributed by atoms with van der Waals surface area (Å²) in [6.45, 7) is 0.455. The lowest BCUT2D eigenvalue weighted by atomic mass is 10.1. The van der Waals surface area contributed by atoms with Gasteiger partial charge in [-0.1, -0.05) is 52.7 Å². The Labute approximate surface area is 209 Å². The number of sulfone groups is 1. The van der Waals surface area contributed by atoms with E-state index in [0.717, 1.165) is 6.26 Å². The predicted octanol–water partition coefficient (Wildman–Crippen LogP) is 4.25. The van der Waals surface area contributed by atoms with Crippen LogP contribution in [-0.4, -0.2) is 44.0 Å². The van der Waals surface area contributed by atoms with Crippen molar-refractivity contribution in [3.05, 3.63) is 63.6 Å². The zero-order valence-electron chi connectivity index (χ0n) is 17.5. The minimum atomic E-state index is -3.55. The number of para-hydroxylation sites is 1. The molecule has 176 valence electrons. The van der Waals surface area contributed by atoms with Gasteiger partial charge in [0.05, 0.1) is 10.0 Å². The van der Waals surface area contributed by atoms with Crippen LogP contribution in [0.2, 0.25) is 10.0 Å². The summed E-state index contributed by atoms with van der Waals surface area (Å²) < 4.78 is 33.9. The molecule has 1 N–H and O–H groups in total. The lowest BCUT2D eigenvalue weighted by Gasteiger charge is -2.11. The highest BCUT2D eigenvalue weighted by Crippen LogP contribution is 2.27. The van der Waals surface area contributed by atoms with Gasteiger partial charge in [-0.3, -0.25) is 10.1 Å². The fourth-order valence-corrected chi connectivity index (χ4v) is 4.42. The number of hydrogen-bond donors (Lipinski definition) is 1. The summed E-state index contributed by atoms with van der Waals surface area (Å²) in [6, 6.07) is 13.6. The maximum atomic E-state index is 12.4. The van der Waals surface area contributed by atoms with Gasteiger partial charge >= 0.3 is 0 Å². The quantitative estimate of drug-likeness (QED) is 0.185. The average Bonchev–Trinajstić information content (AvgIpc) is 3.26. The van der Waals surface area contributed by atoms with E-state index in [2.05, 4.69) is 15.5 Å². The van der Waals surface area contributed by atoms with Crippen LogP contribution in [0.5, 0.6) is 11.5 Å². The molecule has 0 saturated carbocycles. The standard InChI is InChI=1S/C21H16Cl2N4O5S2/c1-34(29,30)21-27-26-20(33-21)25-19(28)14(12-24)10-13-6-7-18(16(23)11-13)32-9-8-31-17-5-3-2-4-15(17)22/h2-7,10-11H,8-9H2,1H3,(H,25,26,28)/b14-10-. The first-order valence-corrected chi connectivity index (χ1v) is 12.9. The molecule has 1 heterocycles. The molecule has 0 aliphatic heterocycles. The molecule has 3 aromatic rings. The van der Waals surface area contributed by atoms with Crippen molar-refractivity contribution in [3.8, 4) is 17.6 Å². The lowest BCUT2D eigenvalue weighted by Crippen LogP contribution is -2.13. The molecule has 2 aromatic carbocycles. The summed E-state index contributed by atoms with van der Waals surface area (Å²) in [5, 5.41) is 19.5. The number of aromatic nitrogens is 2. The fraction of sp³-hybridized carbons (Fsp3) is 0.143. The molecule has 13 heteroatoms. The highest BCUT2D eigenvalue weighted by Gasteiger charge is 2.17. The third-order valence-electron chi connectivity index (χ3n) is 4.01. The Morgan fingerprint density at radius 2 is 1.79 bits per heavy atom. The smallest absolute Gasteiger partial charge is 0.268 e. The topological polar surface area (TPSA) is 131 Å². The lowest BCUT2D eigenvalue weighted by molar-refractivity contribution is -0.112. The Morgan fingerprint density at radius 1 is 1.12 bits per heavy atom. The van der Waals surface area contributed by atoms with Gasteiger partial charge in [0.15, 0.2) is 0 Å². The Balaban J connectivity index is 1.61. The second-order valence-corrected chi connectivity index (χ2v) is 10.6. The summed E-state index contributed by atoms with van der Waals surface area (Å²) >= 11 is 13.0. The van der Waals surface area contributed by atoms with E-state index in [9.17, 15) is 18.5 Å². The van der Waals surface area contributed by atoms with E-state index in [-0.39, 0.29) is 33.3 Å². The molecule has 1 aromatic heterocycles. The number of carbonyl (C=O) groups is 1. The molecular weight excluding hydrogens is 523 g/mol. The van der Waals surface area contributed by atoms with Crippen molar-refractivity contribution in [1.82, 2.24) is 10.2 Å². The molecule has 3 rings (SSSR count). The summed E-state index contributed by atoms with van der Waals surface area (Å²) in [6.07, 6.45) is 2.30. The molecule has 9 nitrogen and oxygen atoms in total. The first-order chi connectivity index (χ1) is 16.2. The molecule has 0 atom stereocenters. The number of benzene rings is 2. The molecule has 0 aliphatic rings.